The van der Waals surface area contributed by atoms with Crippen LogP contribution in [0.5, 0.6) is 0 Å². The maximum Gasteiger partial charge on any atom is 0.306 e. The van der Waals surface area contributed by atoms with Crippen LogP contribution in [0.25, 0.3) is 0 Å². The molecule has 0 amide bonds. The van der Waals surface area contributed by atoms with Gasteiger partial charge in [-0.15, -0.1) is 0 Å². The quantitative estimate of drug-likeness (QED) is 0.520. The Bertz CT molecular complexity index is 760. The Balaban J connectivity index is 1.86. The van der Waals surface area contributed by atoms with Gasteiger partial charge in [0.1, 0.15) is 12.2 Å². The summed E-state index contributed by atoms with van der Waals surface area (Å²) in [6, 6.07) is 12.6. The molecule has 1 heterocycles. The molecule has 0 bridgehead atoms. The summed E-state index contributed by atoms with van der Waals surface area (Å²) in [6.07, 6.45) is -1.66. The van der Waals surface area contributed by atoms with Crippen LogP contribution in [0.3, 0.4) is 0 Å². The molecule has 1 aliphatic heterocycles. The van der Waals surface area contributed by atoms with Gasteiger partial charge >= 0.3 is 5.97 Å². The van der Waals surface area contributed by atoms with E-state index in [4.69, 9.17) is 16.3 Å². The third-order valence-corrected chi connectivity index (χ3v) is 4.36. The minimum Gasteiger partial charge on any atom is -0.459 e. The van der Waals surface area contributed by atoms with Crippen molar-refractivity contribution in [3.63, 3.8) is 0 Å². The van der Waals surface area contributed by atoms with Crippen molar-refractivity contribution >= 4 is 23.3 Å². The maximum absolute atomic E-state index is 11.7. The number of esters is 1. The predicted molar refractivity (Wildman–Crippen MR) is 86.7 cm³/mol. The molecule has 3 rings (SSSR count). The van der Waals surface area contributed by atoms with Crippen molar-refractivity contribution in [1.29, 1.82) is 0 Å². The number of carbonyl (C=O) groups is 1. The van der Waals surface area contributed by atoms with E-state index in [0.717, 1.165) is 5.56 Å². The lowest BCUT2D eigenvalue weighted by Gasteiger charge is -2.23. The van der Waals surface area contributed by atoms with E-state index in [0.29, 0.717) is 10.6 Å². The molecule has 0 radical (unpaired) electrons. The number of nitro benzene ring substituents is 1. The average Bonchev–Trinajstić information content (AvgIpc) is 2.96. The van der Waals surface area contributed by atoms with Crippen molar-refractivity contribution in [3.8, 4) is 0 Å². The molecule has 1 aliphatic rings. The highest BCUT2D eigenvalue weighted by Crippen LogP contribution is 2.39. The fraction of sp³-hybridized carbons (Fsp3) is 0.235. The summed E-state index contributed by atoms with van der Waals surface area (Å²) in [7, 11) is 0. The van der Waals surface area contributed by atoms with E-state index in [1.165, 1.54) is 24.3 Å². The third-order valence-electron chi connectivity index (χ3n) is 4.11. The molecule has 124 valence electrons. The molecular weight excluding hydrogens is 334 g/mol. The van der Waals surface area contributed by atoms with Crippen LogP contribution in [0.1, 0.15) is 29.6 Å². The topological polar surface area (TPSA) is 89.7 Å². The van der Waals surface area contributed by atoms with Crippen LogP contribution in [0.4, 0.5) is 5.69 Å². The lowest BCUT2D eigenvalue weighted by molar-refractivity contribution is -0.384. The van der Waals surface area contributed by atoms with E-state index in [2.05, 4.69) is 0 Å². The van der Waals surface area contributed by atoms with Gasteiger partial charge in [-0.1, -0.05) is 23.7 Å². The largest absolute Gasteiger partial charge is 0.459 e. The highest BCUT2D eigenvalue weighted by atomic mass is 35.5. The number of hydrogen-bond acceptors (Lipinski definition) is 5. The van der Waals surface area contributed by atoms with Crippen LogP contribution in [0.2, 0.25) is 5.02 Å². The molecule has 7 heteroatoms. The van der Waals surface area contributed by atoms with Gasteiger partial charge in [-0.25, -0.2) is 0 Å². The number of rotatable bonds is 4. The van der Waals surface area contributed by atoms with Crippen molar-refractivity contribution < 1.29 is 19.6 Å². The zero-order valence-corrected chi connectivity index (χ0v) is 13.2. The van der Waals surface area contributed by atoms with Gasteiger partial charge < -0.3 is 9.84 Å². The molecule has 0 aliphatic carbocycles. The van der Waals surface area contributed by atoms with Crippen molar-refractivity contribution in [3.05, 3.63) is 74.8 Å². The Hall–Kier alpha value is -2.44. The number of nitro groups is 1. The van der Waals surface area contributed by atoms with Crippen molar-refractivity contribution in [1.82, 2.24) is 0 Å². The van der Waals surface area contributed by atoms with Gasteiger partial charge in [0.15, 0.2) is 0 Å². The van der Waals surface area contributed by atoms with Gasteiger partial charge in [0.2, 0.25) is 0 Å². The van der Waals surface area contributed by atoms with E-state index in [9.17, 15) is 20.0 Å². The van der Waals surface area contributed by atoms with Gasteiger partial charge in [-0.2, -0.15) is 0 Å². The van der Waals surface area contributed by atoms with Crippen molar-refractivity contribution in [2.45, 2.75) is 24.5 Å². The zero-order chi connectivity index (χ0) is 17.3. The zero-order valence-electron chi connectivity index (χ0n) is 12.5. The summed E-state index contributed by atoms with van der Waals surface area (Å²) in [6.45, 7) is 0. The lowest BCUT2D eigenvalue weighted by atomic mass is 9.87. The number of nitrogens with zero attached hydrogens (tertiary/aromatic N) is 1. The summed E-state index contributed by atoms with van der Waals surface area (Å²) >= 11 is 5.88. The Labute approximate surface area is 142 Å². The van der Waals surface area contributed by atoms with Crippen LogP contribution in [0, 0.1) is 10.1 Å². The Morgan fingerprint density at radius 1 is 1.17 bits per heavy atom. The molecule has 1 fully saturated rings. The summed E-state index contributed by atoms with van der Waals surface area (Å²) in [5.74, 6) is -0.694. The van der Waals surface area contributed by atoms with E-state index in [-0.39, 0.29) is 24.0 Å². The third kappa shape index (κ3) is 3.25. The number of ether oxygens (including phenoxy) is 1. The Kier molecular flexibility index (Phi) is 4.51. The van der Waals surface area contributed by atoms with Crippen molar-refractivity contribution in [2.24, 2.45) is 0 Å². The van der Waals surface area contributed by atoms with Crippen LogP contribution in [0.15, 0.2) is 48.5 Å². The first-order valence-corrected chi connectivity index (χ1v) is 7.71. The molecule has 1 saturated heterocycles. The number of carbonyl (C=O) groups excluding carboxylic acids is 1. The smallest absolute Gasteiger partial charge is 0.306 e. The summed E-state index contributed by atoms with van der Waals surface area (Å²) < 4.78 is 5.30. The van der Waals surface area contributed by atoms with Gasteiger partial charge in [-0.05, 0) is 35.4 Å². The molecule has 0 saturated carbocycles. The van der Waals surface area contributed by atoms with Crippen LogP contribution in [-0.2, 0) is 9.53 Å². The first kappa shape index (κ1) is 16.4. The van der Waals surface area contributed by atoms with Crippen LogP contribution in [-0.4, -0.2) is 22.1 Å². The second-order valence-corrected chi connectivity index (χ2v) is 6.05. The Morgan fingerprint density at radius 3 is 2.38 bits per heavy atom. The van der Waals surface area contributed by atoms with E-state index in [1.807, 2.05) is 0 Å². The van der Waals surface area contributed by atoms with Crippen LogP contribution >= 0.6 is 11.6 Å². The fourth-order valence-corrected chi connectivity index (χ4v) is 2.99. The monoisotopic (exact) mass is 347 g/mol. The number of benzene rings is 2. The van der Waals surface area contributed by atoms with Gasteiger partial charge in [0.25, 0.3) is 5.69 Å². The molecule has 1 N–H and O–H groups in total. The molecular formula is C17H14ClNO5. The van der Waals surface area contributed by atoms with Crippen LogP contribution < -0.4 is 0 Å². The lowest BCUT2D eigenvalue weighted by Crippen LogP contribution is -2.23. The molecule has 3 atom stereocenters. The molecule has 0 aromatic heterocycles. The molecule has 0 spiro atoms. The summed E-state index contributed by atoms with van der Waals surface area (Å²) in [5, 5.41) is 21.9. The van der Waals surface area contributed by atoms with Gasteiger partial charge in [0, 0.05) is 23.1 Å². The van der Waals surface area contributed by atoms with Crippen molar-refractivity contribution in [2.75, 3.05) is 0 Å². The minimum atomic E-state index is -1.07. The molecule has 6 nitrogen and oxygen atoms in total. The highest BCUT2D eigenvalue weighted by molar-refractivity contribution is 6.30. The molecule has 2 aromatic rings. The first-order chi connectivity index (χ1) is 11.5. The fourth-order valence-electron chi connectivity index (χ4n) is 2.86. The standard InChI is InChI=1S/C17H14ClNO5/c18-12-5-1-10(2-6-12)14-9-15(20)24-17(14)16(21)11-3-7-13(8-4-11)19(22)23/h1-8,14,16-17,21H,9H2/t14-,16+,17+/m1/s1. The number of non-ortho nitro benzene ring substituents is 1. The maximum atomic E-state index is 11.7. The van der Waals surface area contributed by atoms with E-state index >= 15 is 0 Å². The number of halogens is 1. The second-order valence-electron chi connectivity index (χ2n) is 5.61. The Morgan fingerprint density at radius 2 is 1.79 bits per heavy atom. The normalized spacial score (nSPS) is 21.3. The highest BCUT2D eigenvalue weighted by Gasteiger charge is 2.41. The molecule has 0 unspecified atom stereocenters. The average molecular weight is 348 g/mol. The predicted octanol–water partition coefficient (Wildman–Crippen LogP) is 3.38. The number of aliphatic hydroxyl groups is 1. The summed E-state index contributed by atoms with van der Waals surface area (Å²) in [5.41, 5.74) is 1.24. The molecule has 24 heavy (non-hydrogen) atoms. The second kappa shape index (κ2) is 6.59. The SMILES string of the molecule is O=C1C[C@H](c2ccc(Cl)cc2)[C@@H]([C@@H](O)c2ccc([N+](=O)[O-])cc2)O1. The van der Waals surface area contributed by atoms with E-state index < -0.39 is 17.1 Å². The number of hydrogen-bond donors (Lipinski definition) is 1. The van der Waals surface area contributed by atoms with E-state index in [1.54, 1.807) is 24.3 Å². The number of aliphatic hydroxyl groups excluding tert-OH is 1. The number of cyclic esters (lactones) is 1. The summed E-state index contributed by atoms with van der Waals surface area (Å²) in [4.78, 5) is 21.9. The van der Waals surface area contributed by atoms with Gasteiger partial charge in [0.05, 0.1) is 11.3 Å². The minimum absolute atomic E-state index is 0.0661. The van der Waals surface area contributed by atoms with Gasteiger partial charge in [-0.3, -0.25) is 14.9 Å². The molecule has 2 aromatic carbocycles. The first-order valence-electron chi connectivity index (χ1n) is 7.33.